The van der Waals surface area contributed by atoms with Gasteiger partial charge in [-0.3, -0.25) is 0 Å². The number of nitrogens with one attached hydrogen (secondary N) is 2. The van der Waals surface area contributed by atoms with Crippen molar-refractivity contribution in [2.45, 2.75) is 26.7 Å². The van der Waals surface area contributed by atoms with Gasteiger partial charge in [0.05, 0.1) is 15.2 Å². The first-order valence-corrected chi connectivity index (χ1v) is 8.47. The van der Waals surface area contributed by atoms with Crippen molar-refractivity contribution in [1.29, 1.82) is 0 Å². The number of aryl methyl sites for hydroxylation is 1. The average molecular weight is 323 g/mol. The molecule has 0 saturated carbocycles. The molecule has 0 aliphatic rings. The highest BCUT2D eigenvalue weighted by atomic mass is 32.1. The van der Waals surface area contributed by atoms with E-state index in [-0.39, 0.29) is 0 Å². The Hall–Kier alpha value is -1.24. The van der Waals surface area contributed by atoms with E-state index in [2.05, 4.69) is 28.6 Å². The van der Waals surface area contributed by atoms with Crippen LogP contribution < -0.4 is 10.6 Å². The Kier molecular flexibility index (Phi) is 6.35. The SMILES string of the molecule is CCOCCCNC(=S)Nc1ccc2nc(CC)sc2c1. The number of aromatic nitrogens is 1. The molecule has 6 heteroatoms. The molecule has 2 rings (SSSR count). The average Bonchev–Trinajstić information content (AvgIpc) is 2.89. The molecule has 1 aromatic heterocycles. The molecule has 0 amide bonds. The van der Waals surface area contributed by atoms with Crippen molar-refractivity contribution >= 4 is 44.6 Å². The van der Waals surface area contributed by atoms with Crippen molar-refractivity contribution in [2.75, 3.05) is 25.1 Å². The predicted molar refractivity (Wildman–Crippen MR) is 94.3 cm³/mol. The van der Waals surface area contributed by atoms with Crippen LogP contribution in [0.5, 0.6) is 0 Å². The third-order valence-electron chi connectivity index (χ3n) is 2.95. The maximum Gasteiger partial charge on any atom is 0.170 e. The highest BCUT2D eigenvalue weighted by Gasteiger charge is 2.04. The van der Waals surface area contributed by atoms with Crippen molar-refractivity contribution in [3.63, 3.8) is 0 Å². The van der Waals surface area contributed by atoms with Crippen LogP contribution >= 0.6 is 23.6 Å². The summed E-state index contributed by atoms with van der Waals surface area (Å²) >= 11 is 7.02. The van der Waals surface area contributed by atoms with E-state index in [9.17, 15) is 0 Å². The van der Waals surface area contributed by atoms with Gasteiger partial charge in [0.1, 0.15) is 0 Å². The van der Waals surface area contributed by atoms with E-state index in [0.717, 1.165) is 43.8 Å². The standard InChI is InChI=1S/C15H21N3OS2/c1-3-14-18-12-7-6-11(10-13(12)21-14)17-15(20)16-8-5-9-19-4-2/h6-7,10H,3-5,8-9H2,1-2H3,(H2,16,17,20). The second kappa shape index (κ2) is 8.26. The molecule has 0 fully saturated rings. The number of thiazole rings is 1. The van der Waals surface area contributed by atoms with Crippen LogP contribution in [0, 0.1) is 0 Å². The smallest absolute Gasteiger partial charge is 0.170 e. The van der Waals surface area contributed by atoms with Gasteiger partial charge in [-0.1, -0.05) is 6.92 Å². The Morgan fingerprint density at radius 3 is 3.00 bits per heavy atom. The zero-order chi connectivity index (χ0) is 15.1. The number of nitrogens with zero attached hydrogens (tertiary/aromatic N) is 1. The summed E-state index contributed by atoms with van der Waals surface area (Å²) < 4.78 is 6.48. The van der Waals surface area contributed by atoms with E-state index in [1.807, 2.05) is 19.1 Å². The number of hydrogen-bond acceptors (Lipinski definition) is 4. The summed E-state index contributed by atoms with van der Waals surface area (Å²) in [6.45, 7) is 6.46. The Labute approximate surface area is 134 Å². The van der Waals surface area contributed by atoms with Crippen LogP contribution in [0.15, 0.2) is 18.2 Å². The summed E-state index contributed by atoms with van der Waals surface area (Å²) in [5.74, 6) is 0. The maximum atomic E-state index is 5.29. The Morgan fingerprint density at radius 2 is 2.24 bits per heavy atom. The van der Waals surface area contributed by atoms with E-state index in [1.165, 1.54) is 9.71 Å². The Bertz CT molecular complexity index is 598. The fraction of sp³-hybridized carbons (Fsp3) is 0.467. The van der Waals surface area contributed by atoms with Crippen molar-refractivity contribution in [3.05, 3.63) is 23.2 Å². The number of hydrogen-bond donors (Lipinski definition) is 2. The van der Waals surface area contributed by atoms with Crippen LogP contribution in [-0.2, 0) is 11.2 Å². The van der Waals surface area contributed by atoms with Gasteiger partial charge in [0.2, 0.25) is 0 Å². The number of anilines is 1. The van der Waals surface area contributed by atoms with Crippen molar-refractivity contribution in [3.8, 4) is 0 Å². The fourth-order valence-electron chi connectivity index (χ4n) is 1.90. The van der Waals surface area contributed by atoms with Crippen LogP contribution in [0.2, 0.25) is 0 Å². The second-order valence-corrected chi connectivity index (χ2v) is 6.10. The molecule has 0 aliphatic carbocycles. The number of fused-ring (bicyclic) bond motifs is 1. The third-order valence-corrected chi connectivity index (χ3v) is 4.36. The lowest BCUT2D eigenvalue weighted by Gasteiger charge is -2.10. The molecule has 1 aromatic carbocycles. The molecule has 0 radical (unpaired) electrons. The minimum atomic E-state index is 0.645. The monoisotopic (exact) mass is 323 g/mol. The van der Waals surface area contributed by atoms with Crippen molar-refractivity contribution in [2.24, 2.45) is 0 Å². The molecule has 0 aliphatic heterocycles. The number of benzene rings is 1. The summed E-state index contributed by atoms with van der Waals surface area (Å²) in [5.41, 5.74) is 2.05. The number of ether oxygens (including phenoxy) is 1. The van der Waals surface area contributed by atoms with Crippen LogP contribution in [0.1, 0.15) is 25.3 Å². The topological polar surface area (TPSA) is 46.2 Å². The zero-order valence-corrected chi connectivity index (χ0v) is 14.1. The molecule has 0 atom stereocenters. The van der Waals surface area contributed by atoms with E-state index in [4.69, 9.17) is 17.0 Å². The van der Waals surface area contributed by atoms with Gasteiger partial charge in [0.15, 0.2) is 5.11 Å². The van der Waals surface area contributed by atoms with Crippen LogP contribution in [0.3, 0.4) is 0 Å². The maximum absolute atomic E-state index is 5.29. The van der Waals surface area contributed by atoms with Gasteiger partial charge in [-0.2, -0.15) is 0 Å². The molecule has 0 bridgehead atoms. The summed E-state index contributed by atoms with van der Waals surface area (Å²) in [6.07, 6.45) is 1.92. The molecular formula is C15H21N3OS2. The zero-order valence-electron chi connectivity index (χ0n) is 12.4. The minimum Gasteiger partial charge on any atom is -0.382 e. The van der Waals surface area contributed by atoms with E-state index < -0.39 is 0 Å². The molecule has 21 heavy (non-hydrogen) atoms. The van der Waals surface area contributed by atoms with Crippen LogP contribution in [0.4, 0.5) is 5.69 Å². The molecule has 114 valence electrons. The predicted octanol–water partition coefficient (Wildman–Crippen LogP) is 3.57. The summed E-state index contributed by atoms with van der Waals surface area (Å²) in [5, 5.41) is 8.20. The highest BCUT2D eigenvalue weighted by molar-refractivity contribution is 7.80. The van der Waals surface area contributed by atoms with E-state index >= 15 is 0 Å². The van der Waals surface area contributed by atoms with Gasteiger partial charge in [0, 0.05) is 25.4 Å². The molecule has 0 saturated heterocycles. The van der Waals surface area contributed by atoms with Crippen LogP contribution in [0.25, 0.3) is 10.2 Å². The number of thiocarbonyl (C=S) groups is 1. The van der Waals surface area contributed by atoms with Gasteiger partial charge in [-0.05, 0) is 50.2 Å². The minimum absolute atomic E-state index is 0.645. The fourth-order valence-corrected chi connectivity index (χ4v) is 3.06. The Balaban J connectivity index is 1.85. The Morgan fingerprint density at radius 1 is 1.38 bits per heavy atom. The first-order chi connectivity index (χ1) is 10.2. The lowest BCUT2D eigenvalue weighted by molar-refractivity contribution is 0.146. The van der Waals surface area contributed by atoms with Crippen LogP contribution in [-0.4, -0.2) is 29.9 Å². The van der Waals surface area contributed by atoms with Gasteiger partial charge in [0.25, 0.3) is 0 Å². The van der Waals surface area contributed by atoms with Gasteiger partial charge < -0.3 is 15.4 Å². The quantitative estimate of drug-likeness (QED) is 0.602. The molecule has 0 unspecified atom stereocenters. The lowest BCUT2D eigenvalue weighted by atomic mass is 10.3. The first-order valence-electron chi connectivity index (χ1n) is 7.25. The van der Waals surface area contributed by atoms with Crippen molar-refractivity contribution in [1.82, 2.24) is 10.3 Å². The highest BCUT2D eigenvalue weighted by Crippen LogP contribution is 2.25. The summed E-state index contributed by atoms with van der Waals surface area (Å²) in [4.78, 5) is 4.56. The molecule has 1 heterocycles. The molecular weight excluding hydrogens is 302 g/mol. The van der Waals surface area contributed by atoms with Crippen molar-refractivity contribution < 1.29 is 4.74 Å². The summed E-state index contributed by atoms with van der Waals surface area (Å²) in [6, 6.07) is 6.14. The molecule has 2 aromatic rings. The van der Waals surface area contributed by atoms with Gasteiger partial charge >= 0.3 is 0 Å². The van der Waals surface area contributed by atoms with Gasteiger partial charge in [-0.25, -0.2) is 4.98 Å². The molecule has 4 nitrogen and oxygen atoms in total. The molecule has 0 spiro atoms. The second-order valence-electron chi connectivity index (χ2n) is 4.58. The summed E-state index contributed by atoms with van der Waals surface area (Å²) in [7, 11) is 0. The normalized spacial score (nSPS) is 10.8. The third kappa shape index (κ3) is 4.91. The van der Waals surface area contributed by atoms with E-state index in [0.29, 0.717) is 5.11 Å². The molecule has 2 N–H and O–H groups in total. The largest absolute Gasteiger partial charge is 0.382 e. The van der Waals surface area contributed by atoms with Gasteiger partial charge in [-0.15, -0.1) is 11.3 Å². The number of rotatable bonds is 7. The first kappa shape index (κ1) is 16.1. The van der Waals surface area contributed by atoms with E-state index in [1.54, 1.807) is 11.3 Å². The lowest BCUT2D eigenvalue weighted by Crippen LogP contribution is -2.29.